The van der Waals surface area contributed by atoms with E-state index in [1.165, 1.54) is 7.11 Å². The van der Waals surface area contributed by atoms with Crippen molar-refractivity contribution in [1.82, 2.24) is 0 Å². The van der Waals surface area contributed by atoms with E-state index in [-0.39, 0.29) is 12.2 Å². The lowest BCUT2D eigenvalue weighted by atomic mass is 9.90. The molecule has 0 amide bonds. The fraction of sp³-hybridized carbons (Fsp3) is 0.385. The molecule has 0 aliphatic rings. The van der Waals surface area contributed by atoms with E-state index in [0.717, 1.165) is 4.47 Å². The summed E-state index contributed by atoms with van der Waals surface area (Å²) in [7, 11) is 1.19. The highest BCUT2D eigenvalue weighted by atomic mass is 79.9. The van der Waals surface area contributed by atoms with Crippen LogP contribution < -0.4 is 0 Å². The van der Waals surface area contributed by atoms with Gasteiger partial charge < -0.3 is 14.6 Å². The third kappa shape index (κ3) is 3.78. The van der Waals surface area contributed by atoms with Gasteiger partial charge in [0.15, 0.2) is 5.60 Å². The molecule has 0 aliphatic heterocycles. The van der Waals surface area contributed by atoms with E-state index in [0.29, 0.717) is 0 Å². The van der Waals surface area contributed by atoms with Crippen molar-refractivity contribution in [3.05, 3.63) is 34.3 Å². The van der Waals surface area contributed by atoms with Crippen LogP contribution in [0.1, 0.15) is 18.9 Å². The fourth-order valence-corrected chi connectivity index (χ4v) is 1.81. The van der Waals surface area contributed by atoms with Crippen LogP contribution in [0.4, 0.5) is 0 Å². The molecule has 0 spiro atoms. The lowest BCUT2D eigenvalue weighted by molar-refractivity contribution is -0.172. The van der Waals surface area contributed by atoms with Crippen molar-refractivity contribution in [3.63, 3.8) is 0 Å². The molecule has 0 saturated carbocycles. The summed E-state index contributed by atoms with van der Waals surface area (Å²) in [5.74, 6) is -1.57. The highest BCUT2D eigenvalue weighted by Crippen LogP contribution is 2.28. The maximum Gasteiger partial charge on any atom is 0.343 e. The molecular weight excluding hydrogens is 316 g/mol. The Bertz CT molecular complexity index is 457. The van der Waals surface area contributed by atoms with Gasteiger partial charge in [0.2, 0.25) is 0 Å². The summed E-state index contributed by atoms with van der Waals surface area (Å²) in [5.41, 5.74) is -1.76. The zero-order valence-electron chi connectivity index (χ0n) is 10.7. The summed E-state index contributed by atoms with van der Waals surface area (Å²) < 4.78 is 10.1. The lowest BCUT2D eigenvalue weighted by Crippen LogP contribution is -2.39. The van der Waals surface area contributed by atoms with Crippen molar-refractivity contribution in [2.75, 3.05) is 13.7 Å². The van der Waals surface area contributed by atoms with Gasteiger partial charge in [-0.15, -0.1) is 0 Å². The molecule has 104 valence electrons. The molecule has 1 aromatic rings. The first kappa shape index (κ1) is 15.7. The topological polar surface area (TPSA) is 72.8 Å². The largest absolute Gasteiger partial charge is 0.469 e. The predicted octanol–water partition coefficient (Wildman–Crippen LogP) is 1.76. The van der Waals surface area contributed by atoms with E-state index >= 15 is 0 Å². The maximum absolute atomic E-state index is 11.9. The Labute approximate surface area is 119 Å². The number of carbonyl (C=O) groups excluding carboxylic acids is 2. The smallest absolute Gasteiger partial charge is 0.343 e. The van der Waals surface area contributed by atoms with Crippen LogP contribution in [0.2, 0.25) is 0 Å². The highest BCUT2D eigenvalue weighted by Gasteiger charge is 2.42. The van der Waals surface area contributed by atoms with Gasteiger partial charge in [0.1, 0.15) is 0 Å². The van der Waals surface area contributed by atoms with Gasteiger partial charge in [-0.25, -0.2) is 4.79 Å². The van der Waals surface area contributed by atoms with Gasteiger partial charge in [-0.05, 0) is 24.6 Å². The Morgan fingerprint density at radius 3 is 2.37 bits per heavy atom. The number of methoxy groups -OCH3 is 1. The molecule has 0 aromatic heterocycles. The van der Waals surface area contributed by atoms with Crippen LogP contribution in [0.25, 0.3) is 0 Å². The Hall–Kier alpha value is -1.40. The van der Waals surface area contributed by atoms with Crippen LogP contribution in [0, 0.1) is 0 Å². The number of benzene rings is 1. The number of esters is 2. The minimum atomic E-state index is -2.04. The van der Waals surface area contributed by atoms with Crippen molar-refractivity contribution >= 4 is 27.9 Å². The average Bonchev–Trinajstić information content (AvgIpc) is 2.39. The molecule has 5 nitrogen and oxygen atoms in total. The van der Waals surface area contributed by atoms with E-state index in [9.17, 15) is 14.7 Å². The molecule has 0 bridgehead atoms. The second-order valence-electron chi connectivity index (χ2n) is 3.84. The molecule has 0 saturated heterocycles. The summed E-state index contributed by atoms with van der Waals surface area (Å²) in [6.07, 6.45) is -0.496. The molecule has 0 fully saturated rings. The molecule has 1 N–H and O–H groups in total. The van der Waals surface area contributed by atoms with E-state index < -0.39 is 24.0 Å². The van der Waals surface area contributed by atoms with Crippen LogP contribution in [-0.2, 0) is 24.7 Å². The van der Waals surface area contributed by atoms with E-state index in [1.54, 1.807) is 31.2 Å². The summed E-state index contributed by atoms with van der Waals surface area (Å²) in [6.45, 7) is 1.73. The number of carbonyl (C=O) groups is 2. The Morgan fingerprint density at radius 2 is 1.89 bits per heavy atom. The molecule has 0 radical (unpaired) electrons. The van der Waals surface area contributed by atoms with Crippen LogP contribution in [0.3, 0.4) is 0 Å². The summed E-state index contributed by atoms with van der Waals surface area (Å²) in [5, 5.41) is 10.5. The van der Waals surface area contributed by atoms with Gasteiger partial charge in [0.25, 0.3) is 0 Å². The SMILES string of the molecule is CCOC(=O)C(O)(CC(=O)OC)c1ccc(Br)cc1. The molecule has 0 aliphatic carbocycles. The summed E-state index contributed by atoms with van der Waals surface area (Å²) in [6, 6.07) is 6.42. The molecule has 1 rings (SSSR count). The lowest BCUT2D eigenvalue weighted by Gasteiger charge is -2.25. The molecule has 1 aromatic carbocycles. The van der Waals surface area contributed by atoms with E-state index in [2.05, 4.69) is 20.7 Å². The molecule has 19 heavy (non-hydrogen) atoms. The second-order valence-corrected chi connectivity index (χ2v) is 4.76. The normalized spacial score (nSPS) is 13.5. The first-order valence-corrected chi connectivity index (χ1v) is 6.45. The van der Waals surface area contributed by atoms with Crippen molar-refractivity contribution in [1.29, 1.82) is 0 Å². The minimum Gasteiger partial charge on any atom is -0.469 e. The molecule has 0 heterocycles. The predicted molar refractivity (Wildman–Crippen MR) is 71.3 cm³/mol. The summed E-state index contributed by atoms with van der Waals surface area (Å²) >= 11 is 3.26. The van der Waals surface area contributed by atoms with Gasteiger partial charge >= 0.3 is 11.9 Å². The van der Waals surface area contributed by atoms with Crippen molar-refractivity contribution < 1.29 is 24.2 Å². The molecule has 6 heteroatoms. The first-order chi connectivity index (χ1) is 8.93. The van der Waals surface area contributed by atoms with Gasteiger partial charge in [0.05, 0.1) is 20.1 Å². The van der Waals surface area contributed by atoms with Crippen molar-refractivity contribution in [2.45, 2.75) is 18.9 Å². The second kappa shape index (κ2) is 6.68. The number of hydrogen-bond donors (Lipinski definition) is 1. The third-order valence-corrected chi connectivity index (χ3v) is 3.09. The maximum atomic E-state index is 11.9. The standard InChI is InChI=1S/C13H15BrO5/c1-3-19-12(16)13(17,8-11(15)18-2)9-4-6-10(14)7-5-9/h4-7,17H,3,8H2,1-2H3. The van der Waals surface area contributed by atoms with Crippen LogP contribution in [-0.4, -0.2) is 30.8 Å². The van der Waals surface area contributed by atoms with Gasteiger partial charge in [0, 0.05) is 4.47 Å². The average molecular weight is 331 g/mol. The van der Waals surface area contributed by atoms with Crippen LogP contribution >= 0.6 is 15.9 Å². The Morgan fingerprint density at radius 1 is 1.32 bits per heavy atom. The van der Waals surface area contributed by atoms with Crippen LogP contribution in [0.5, 0.6) is 0 Å². The fourth-order valence-electron chi connectivity index (χ4n) is 1.55. The summed E-state index contributed by atoms with van der Waals surface area (Å²) in [4.78, 5) is 23.3. The molecular formula is C13H15BrO5. The number of ether oxygens (including phenoxy) is 2. The van der Waals surface area contributed by atoms with Crippen molar-refractivity contribution in [3.8, 4) is 0 Å². The van der Waals surface area contributed by atoms with Crippen molar-refractivity contribution in [2.24, 2.45) is 0 Å². The van der Waals surface area contributed by atoms with Gasteiger partial charge in [-0.2, -0.15) is 0 Å². The Balaban J connectivity index is 3.13. The molecule has 1 unspecified atom stereocenters. The zero-order valence-corrected chi connectivity index (χ0v) is 12.3. The van der Waals surface area contributed by atoms with Gasteiger partial charge in [-0.1, -0.05) is 28.1 Å². The number of hydrogen-bond acceptors (Lipinski definition) is 5. The number of halogens is 1. The number of rotatable bonds is 5. The van der Waals surface area contributed by atoms with E-state index in [1.807, 2.05) is 0 Å². The zero-order chi connectivity index (χ0) is 14.5. The number of aliphatic hydroxyl groups is 1. The molecule has 1 atom stereocenters. The minimum absolute atomic E-state index is 0.110. The third-order valence-electron chi connectivity index (χ3n) is 2.56. The quantitative estimate of drug-likeness (QED) is 0.833. The van der Waals surface area contributed by atoms with E-state index in [4.69, 9.17) is 4.74 Å². The van der Waals surface area contributed by atoms with Crippen LogP contribution in [0.15, 0.2) is 28.7 Å². The van der Waals surface area contributed by atoms with Gasteiger partial charge in [-0.3, -0.25) is 4.79 Å². The highest BCUT2D eigenvalue weighted by molar-refractivity contribution is 9.10. The first-order valence-electron chi connectivity index (χ1n) is 5.66. The Kier molecular flexibility index (Phi) is 5.50. The monoisotopic (exact) mass is 330 g/mol.